The van der Waals surface area contributed by atoms with Crippen molar-refractivity contribution >= 4 is 23.5 Å². The van der Waals surface area contributed by atoms with Crippen molar-refractivity contribution in [2.24, 2.45) is 0 Å². The fourth-order valence-corrected chi connectivity index (χ4v) is 4.41. The van der Waals surface area contributed by atoms with Crippen LogP contribution in [0.4, 0.5) is 0 Å². The Kier molecular flexibility index (Phi) is 6.47. The van der Waals surface area contributed by atoms with Gasteiger partial charge in [-0.2, -0.15) is 8.62 Å². The Hall–Kier alpha value is 0.250. The molecule has 0 aliphatic carbocycles. The second kappa shape index (κ2) is 7.01. The maximum atomic E-state index is 11.4. The molecule has 1 fully saturated rings. The van der Waals surface area contributed by atoms with E-state index in [9.17, 15) is 28.8 Å². The smallest absolute Gasteiger partial charge is 0.388 e. The first-order valence-corrected chi connectivity index (χ1v) is 9.72. The first kappa shape index (κ1) is 20.3. The minimum Gasteiger partial charge on any atom is -0.388 e. The van der Waals surface area contributed by atoms with Crippen molar-refractivity contribution in [3.63, 3.8) is 0 Å². The number of phosphoric acid groups is 3. The maximum Gasteiger partial charge on any atom is 0.490 e. The summed E-state index contributed by atoms with van der Waals surface area (Å²) in [6.45, 7) is -0.612. The van der Waals surface area contributed by atoms with Crippen molar-refractivity contribution in [3.05, 3.63) is 0 Å². The third-order valence-corrected chi connectivity index (χ3v) is 5.91. The highest BCUT2D eigenvalue weighted by Gasteiger charge is 2.46. The van der Waals surface area contributed by atoms with Crippen LogP contribution in [0.15, 0.2) is 0 Å². The molecule has 1 rings (SSSR count). The second-order valence-corrected chi connectivity index (χ2v) is 8.32. The molecule has 14 nitrogen and oxygen atoms in total. The third-order valence-electron chi connectivity index (χ3n) is 2.11. The molecule has 0 bridgehead atoms. The molecular weight excluding hydrogens is 377 g/mol. The Morgan fingerprint density at radius 2 is 1.41 bits per heavy atom. The monoisotopic (exact) mass is 390 g/mol. The largest absolute Gasteiger partial charge is 0.490 e. The van der Waals surface area contributed by atoms with Crippen LogP contribution in [0.5, 0.6) is 0 Å². The molecule has 7 N–H and O–H groups in total. The van der Waals surface area contributed by atoms with Crippen LogP contribution in [0.25, 0.3) is 0 Å². The van der Waals surface area contributed by atoms with E-state index in [1.807, 2.05) is 0 Å². The van der Waals surface area contributed by atoms with E-state index in [0.717, 1.165) is 0 Å². The lowest BCUT2D eigenvalue weighted by atomic mass is 10.1. The van der Waals surface area contributed by atoms with Gasteiger partial charge in [-0.15, -0.1) is 0 Å². The molecule has 0 aromatic rings. The van der Waals surface area contributed by atoms with E-state index in [0.29, 0.717) is 0 Å². The summed E-state index contributed by atoms with van der Waals surface area (Å²) in [4.78, 5) is 34.7. The van der Waals surface area contributed by atoms with Gasteiger partial charge >= 0.3 is 23.5 Å². The Labute approximate surface area is 122 Å². The van der Waals surface area contributed by atoms with Crippen LogP contribution in [0.1, 0.15) is 0 Å². The van der Waals surface area contributed by atoms with Crippen LogP contribution in [0.2, 0.25) is 0 Å². The zero-order valence-corrected chi connectivity index (χ0v) is 13.0. The van der Waals surface area contributed by atoms with Crippen molar-refractivity contribution in [3.8, 4) is 0 Å². The zero-order valence-electron chi connectivity index (χ0n) is 10.3. The van der Waals surface area contributed by atoms with Crippen LogP contribution in [0.3, 0.4) is 0 Å². The van der Waals surface area contributed by atoms with Crippen LogP contribution < -0.4 is 0 Å². The summed E-state index contributed by atoms with van der Waals surface area (Å²) in [5.41, 5.74) is 0. The van der Waals surface area contributed by atoms with Gasteiger partial charge in [0.25, 0.3) is 0 Å². The predicted molar refractivity (Wildman–Crippen MR) is 62.7 cm³/mol. The molecule has 0 aromatic heterocycles. The molecule has 22 heavy (non-hydrogen) atoms. The maximum absolute atomic E-state index is 11.4. The zero-order chi connectivity index (χ0) is 17.3. The first-order chi connectivity index (χ1) is 9.72. The lowest BCUT2D eigenvalue weighted by Gasteiger charge is -2.35. The summed E-state index contributed by atoms with van der Waals surface area (Å²) < 4.78 is 48.4. The number of phosphoric ester groups is 1. The lowest BCUT2D eigenvalue weighted by molar-refractivity contribution is -0.245. The molecule has 0 radical (unpaired) electrons. The fourth-order valence-electron chi connectivity index (χ4n) is 1.30. The summed E-state index contributed by atoms with van der Waals surface area (Å²) in [6, 6.07) is 0. The van der Waals surface area contributed by atoms with Crippen LogP contribution in [0, 0.1) is 0 Å². The average Bonchev–Trinajstić information content (AvgIpc) is 2.25. The number of aliphatic hydroxyl groups is 3. The highest BCUT2D eigenvalue weighted by molar-refractivity contribution is 7.66. The minimum atomic E-state index is -5.70. The average molecular weight is 390 g/mol. The summed E-state index contributed by atoms with van der Waals surface area (Å²) in [5.74, 6) is 0. The fraction of sp³-hybridized carbons (Fsp3) is 1.00. The van der Waals surface area contributed by atoms with Gasteiger partial charge in [-0.05, 0) is 0 Å². The van der Waals surface area contributed by atoms with Gasteiger partial charge < -0.3 is 39.6 Å². The van der Waals surface area contributed by atoms with Gasteiger partial charge in [0.05, 0.1) is 6.61 Å². The highest BCUT2D eigenvalue weighted by Crippen LogP contribution is 2.66. The quantitative estimate of drug-likeness (QED) is 0.238. The van der Waals surface area contributed by atoms with Crippen molar-refractivity contribution in [2.75, 3.05) is 6.61 Å². The summed E-state index contributed by atoms with van der Waals surface area (Å²) >= 11 is 0. The van der Waals surface area contributed by atoms with E-state index in [1.165, 1.54) is 0 Å². The van der Waals surface area contributed by atoms with E-state index in [4.69, 9.17) is 19.8 Å². The molecule has 0 saturated carbocycles. The van der Waals surface area contributed by atoms with E-state index >= 15 is 0 Å². The first-order valence-electron chi connectivity index (χ1n) is 5.20. The molecular formula is C5H13O14P3. The molecule has 17 heteroatoms. The Morgan fingerprint density at radius 1 is 0.864 bits per heavy atom. The van der Waals surface area contributed by atoms with Crippen LogP contribution >= 0.6 is 23.5 Å². The van der Waals surface area contributed by atoms with Crippen molar-refractivity contribution in [2.45, 2.75) is 24.6 Å². The van der Waals surface area contributed by atoms with Gasteiger partial charge in [0.2, 0.25) is 0 Å². The Balaban J connectivity index is 2.73. The van der Waals surface area contributed by atoms with Crippen molar-refractivity contribution in [1.29, 1.82) is 0 Å². The molecule has 6 atom stereocenters. The summed E-state index contributed by atoms with van der Waals surface area (Å²) in [6.07, 6.45) is -7.39. The molecule has 1 aliphatic rings. The highest BCUT2D eigenvalue weighted by atomic mass is 31.3. The molecule has 132 valence electrons. The van der Waals surface area contributed by atoms with Crippen LogP contribution in [-0.4, -0.2) is 66.1 Å². The number of ether oxygens (including phenoxy) is 1. The third kappa shape index (κ3) is 6.40. The summed E-state index contributed by atoms with van der Waals surface area (Å²) in [7, 11) is -16.7. The van der Waals surface area contributed by atoms with Crippen molar-refractivity contribution < 1.29 is 66.5 Å². The molecule has 1 aliphatic heterocycles. The summed E-state index contributed by atoms with van der Waals surface area (Å²) in [5, 5.41) is 27.8. The topological polar surface area (TPSA) is 230 Å². The van der Waals surface area contributed by atoms with E-state index in [1.54, 1.807) is 0 Å². The van der Waals surface area contributed by atoms with E-state index in [2.05, 4.69) is 17.9 Å². The van der Waals surface area contributed by atoms with Crippen molar-refractivity contribution in [1.82, 2.24) is 0 Å². The number of rotatable bonds is 6. The van der Waals surface area contributed by atoms with Gasteiger partial charge in [-0.25, -0.2) is 13.7 Å². The van der Waals surface area contributed by atoms with Gasteiger partial charge in [-0.3, -0.25) is 4.52 Å². The number of aliphatic hydroxyl groups excluding tert-OH is 3. The number of hydrogen-bond acceptors (Lipinski definition) is 10. The van der Waals surface area contributed by atoms with Gasteiger partial charge in [-0.1, -0.05) is 0 Å². The molecule has 1 saturated heterocycles. The molecule has 0 spiro atoms. The lowest BCUT2D eigenvalue weighted by Crippen LogP contribution is -2.53. The molecule has 0 amide bonds. The van der Waals surface area contributed by atoms with Crippen LogP contribution in [-0.2, 0) is 31.6 Å². The van der Waals surface area contributed by atoms with E-state index in [-0.39, 0.29) is 0 Å². The van der Waals surface area contributed by atoms with E-state index < -0.39 is 54.7 Å². The SMILES string of the molecule is O=P(O)(O)OP(=O)(O)OP(=O)(O)O[C@@H]1OC[C@@H](O)[C@@H](O)[C@H]1O. The molecule has 1 heterocycles. The standard InChI is InChI=1S/C5H13O14P3/c6-2-1-16-5(4(8)3(2)7)17-21(12,13)19-22(14,15)18-20(9,10)11/h2-8H,1H2,(H,12,13)(H,14,15)(H2,9,10,11)/t2-,3-,4-,5+/m1/s1. The molecule has 2 unspecified atom stereocenters. The minimum absolute atomic E-state index is 0.612. The Bertz CT molecular complexity index is 527. The normalized spacial score (nSPS) is 35.6. The predicted octanol–water partition coefficient (Wildman–Crippen LogP) is -2.23. The Morgan fingerprint density at radius 3 is 1.91 bits per heavy atom. The second-order valence-electron chi connectivity index (χ2n) is 3.95. The van der Waals surface area contributed by atoms with Gasteiger partial charge in [0.1, 0.15) is 18.3 Å². The number of hydrogen-bond donors (Lipinski definition) is 7. The molecule has 0 aromatic carbocycles. The van der Waals surface area contributed by atoms with Gasteiger partial charge in [0, 0.05) is 0 Å². The van der Waals surface area contributed by atoms with Gasteiger partial charge in [0.15, 0.2) is 6.29 Å².